The van der Waals surface area contributed by atoms with Crippen LogP contribution in [0.25, 0.3) is 0 Å². The number of fused-ring (bicyclic) bond motifs is 1. The minimum atomic E-state index is -4.68. The van der Waals surface area contributed by atoms with Crippen LogP contribution < -0.4 is 4.90 Å². The maximum atomic E-state index is 14.5. The summed E-state index contributed by atoms with van der Waals surface area (Å²) in [5, 5.41) is 8.11. The molecule has 2 aromatic carbocycles. The van der Waals surface area contributed by atoms with E-state index in [1.165, 1.54) is 11.2 Å². The van der Waals surface area contributed by atoms with Crippen molar-refractivity contribution in [3.63, 3.8) is 0 Å². The van der Waals surface area contributed by atoms with Crippen molar-refractivity contribution >= 4 is 17.7 Å². The molecule has 0 N–H and O–H groups in total. The molecule has 0 bridgehead atoms. The van der Waals surface area contributed by atoms with Crippen molar-refractivity contribution < 1.29 is 36.3 Å². The summed E-state index contributed by atoms with van der Waals surface area (Å²) in [5.74, 6) is -3.52. The van der Waals surface area contributed by atoms with Gasteiger partial charge in [-0.1, -0.05) is 12.1 Å². The SMILES string of the molecule is CN(CCC1CCN(C(=O)OC(C)(C)C)C1)Cc1cc2c(c(C(F)(F)F)c1)CN(c1cccc(C(c3nncn3C)C3CC(F)(F)C3)c1)C2=O. The van der Waals surface area contributed by atoms with Crippen LogP contribution in [0.2, 0.25) is 0 Å². The Labute approximate surface area is 288 Å². The molecule has 0 spiro atoms. The van der Waals surface area contributed by atoms with Gasteiger partial charge in [0, 0.05) is 56.7 Å². The zero-order valence-electron chi connectivity index (χ0n) is 28.9. The zero-order valence-corrected chi connectivity index (χ0v) is 28.9. The molecule has 1 saturated heterocycles. The predicted molar refractivity (Wildman–Crippen MR) is 176 cm³/mol. The fraction of sp³-hybridized carbons (Fsp3) is 0.556. The smallest absolute Gasteiger partial charge is 0.416 e. The highest BCUT2D eigenvalue weighted by Gasteiger charge is 2.50. The van der Waals surface area contributed by atoms with Crippen LogP contribution in [0.3, 0.4) is 0 Å². The van der Waals surface area contributed by atoms with Gasteiger partial charge < -0.3 is 24.0 Å². The summed E-state index contributed by atoms with van der Waals surface area (Å²) in [4.78, 5) is 31.2. The first-order chi connectivity index (χ1) is 23.4. The first-order valence-corrected chi connectivity index (χ1v) is 16.9. The molecule has 9 nitrogen and oxygen atoms in total. The summed E-state index contributed by atoms with van der Waals surface area (Å²) < 4.78 is 78.5. The maximum Gasteiger partial charge on any atom is 0.416 e. The summed E-state index contributed by atoms with van der Waals surface area (Å²) in [6.07, 6.45) is -2.60. The van der Waals surface area contributed by atoms with Gasteiger partial charge in [-0.05, 0) is 100.0 Å². The third-order valence-electron chi connectivity index (χ3n) is 9.87. The van der Waals surface area contributed by atoms with Gasteiger partial charge in [0.25, 0.3) is 5.91 Å². The molecule has 1 saturated carbocycles. The Morgan fingerprint density at radius 3 is 2.52 bits per heavy atom. The Kier molecular flexibility index (Phi) is 9.46. The lowest BCUT2D eigenvalue weighted by molar-refractivity contribution is -0.138. The lowest BCUT2D eigenvalue weighted by atomic mass is 9.70. The largest absolute Gasteiger partial charge is 0.444 e. The number of benzene rings is 2. The number of alkyl halides is 5. The number of hydrogen-bond acceptors (Lipinski definition) is 6. The minimum Gasteiger partial charge on any atom is -0.444 e. The first-order valence-electron chi connectivity index (χ1n) is 16.9. The molecule has 50 heavy (non-hydrogen) atoms. The highest BCUT2D eigenvalue weighted by molar-refractivity contribution is 6.10. The molecule has 3 heterocycles. The van der Waals surface area contributed by atoms with Crippen LogP contribution in [0.5, 0.6) is 0 Å². The summed E-state index contributed by atoms with van der Waals surface area (Å²) in [6.45, 7) is 7.15. The lowest BCUT2D eigenvalue weighted by Gasteiger charge is -2.40. The van der Waals surface area contributed by atoms with Crippen molar-refractivity contribution in [2.24, 2.45) is 18.9 Å². The summed E-state index contributed by atoms with van der Waals surface area (Å²) in [6, 6.07) is 9.46. The number of aryl methyl sites for hydroxylation is 1. The van der Waals surface area contributed by atoms with E-state index in [4.69, 9.17) is 4.74 Å². The van der Waals surface area contributed by atoms with Crippen LogP contribution in [0.15, 0.2) is 42.7 Å². The number of carbonyl (C=O) groups excluding carboxylic acids is 2. The van der Waals surface area contributed by atoms with Crippen LogP contribution in [0.4, 0.5) is 32.4 Å². The highest BCUT2D eigenvalue weighted by Crippen LogP contribution is 2.51. The fourth-order valence-electron chi connectivity index (χ4n) is 7.41. The molecule has 3 aliphatic rings. The van der Waals surface area contributed by atoms with E-state index in [0.29, 0.717) is 42.3 Å². The Balaban J connectivity index is 1.17. The van der Waals surface area contributed by atoms with E-state index in [2.05, 4.69) is 10.2 Å². The van der Waals surface area contributed by atoms with Crippen molar-refractivity contribution in [1.82, 2.24) is 24.6 Å². The third kappa shape index (κ3) is 7.64. The number of carbonyl (C=O) groups is 2. The number of aromatic nitrogens is 3. The highest BCUT2D eigenvalue weighted by atomic mass is 19.4. The standard InChI is InChI=1S/C36H43F5N6O3/c1-34(2,3)50-33(49)46-12-10-22(19-46)9-11-44(4)18-23-13-27-28(29(14-23)36(39,40)41)20-47(32(27)48)26-8-6-7-24(15-26)30(25-16-35(37,38)17-25)31-43-42-21-45(31)5/h6-8,13-15,21-22,25,30H,9-12,16-20H2,1-5H3. The molecule has 3 aromatic rings. The topological polar surface area (TPSA) is 83.8 Å². The molecule has 2 fully saturated rings. The van der Waals surface area contributed by atoms with Gasteiger partial charge in [-0.15, -0.1) is 10.2 Å². The monoisotopic (exact) mass is 702 g/mol. The Morgan fingerprint density at radius 2 is 1.88 bits per heavy atom. The van der Waals surface area contributed by atoms with Gasteiger partial charge in [0.15, 0.2) is 0 Å². The average molecular weight is 703 g/mol. The van der Waals surface area contributed by atoms with Gasteiger partial charge in [-0.25, -0.2) is 13.6 Å². The van der Waals surface area contributed by atoms with Gasteiger partial charge >= 0.3 is 12.3 Å². The van der Waals surface area contributed by atoms with E-state index in [0.717, 1.165) is 18.9 Å². The number of ether oxygens (including phenoxy) is 1. The molecule has 2 amide bonds. The van der Waals surface area contributed by atoms with Crippen LogP contribution >= 0.6 is 0 Å². The molecule has 2 unspecified atom stereocenters. The van der Waals surface area contributed by atoms with Gasteiger partial charge in [0.05, 0.1) is 12.1 Å². The molecular formula is C36H43F5N6O3. The van der Waals surface area contributed by atoms with E-state index in [-0.39, 0.29) is 49.1 Å². The summed E-state index contributed by atoms with van der Waals surface area (Å²) in [5.41, 5.74) is -0.122. The molecule has 2 atom stereocenters. The normalized spacial score (nSPS) is 20.0. The summed E-state index contributed by atoms with van der Waals surface area (Å²) >= 11 is 0. The van der Waals surface area contributed by atoms with Crippen LogP contribution in [0, 0.1) is 11.8 Å². The van der Waals surface area contributed by atoms with Crippen LogP contribution in [0.1, 0.15) is 90.8 Å². The second-order valence-electron chi connectivity index (χ2n) is 15.1. The molecule has 270 valence electrons. The second-order valence-corrected chi connectivity index (χ2v) is 15.1. The van der Waals surface area contributed by atoms with E-state index in [1.807, 2.05) is 32.7 Å². The van der Waals surface area contributed by atoms with E-state index in [1.54, 1.807) is 46.8 Å². The van der Waals surface area contributed by atoms with Crippen molar-refractivity contribution in [2.45, 2.75) is 83.2 Å². The molecule has 1 aromatic heterocycles. The van der Waals surface area contributed by atoms with Crippen molar-refractivity contribution in [2.75, 3.05) is 31.6 Å². The Morgan fingerprint density at radius 1 is 1.14 bits per heavy atom. The van der Waals surface area contributed by atoms with Crippen molar-refractivity contribution in [3.05, 3.63) is 76.4 Å². The molecule has 0 radical (unpaired) electrons. The quantitative estimate of drug-likeness (QED) is 0.219. The van der Waals surface area contributed by atoms with Crippen molar-refractivity contribution in [1.29, 1.82) is 0 Å². The van der Waals surface area contributed by atoms with E-state index in [9.17, 15) is 31.5 Å². The number of rotatable bonds is 9. The Bertz CT molecular complexity index is 1740. The zero-order chi connectivity index (χ0) is 36.2. The molecule has 6 rings (SSSR count). The van der Waals surface area contributed by atoms with Gasteiger partial charge in [0.1, 0.15) is 17.8 Å². The maximum absolute atomic E-state index is 14.5. The number of halogens is 5. The minimum absolute atomic E-state index is 0.000842. The molecule has 1 aliphatic carbocycles. The van der Waals surface area contributed by atoms with E-state index >= 15 is 0 Å². The Hall–Kier alpha value is -4.07. The second kappa shape index (κ2) is 13.2. The van der Waals surface area contributed by atoms with Gasteiger partial charge in [0.2, 0.25) is 5.92 Å². The molecular weight excluding hydrogens is 659 g/mol. The number of likely N-dealkylation sites (tertiary alicyclic amines) is 1. The van der Waals surface area contributed by atoms with E-state index < -0.39 is 41.0 Å². The van der Waals surface area contributed by atoms with Crippen LogP contribution in [-0.4, -0.2) is 74.8 Å². The number of anilines is 1. The fourth-order valence-corrected chi connectivity index (χ4v) is 7.41. The lowest BCUT2D eigenvalue weighted by Crippen LogP contribution is -2.39. The summed E-state index contributed by atoms with van der Waals surface area (Å²) in [7, 11) is 3.55. The van der Waals surface area contributed by atoms with Gasteiger partial charge in [-0.3, -0.25) is 4.79 Å². The molecule has 14 heteroatoms. The number of amides is 2. The predicted octanol–water partition coefficient (Wildman–Crippen LogP) is 7.25. The van der Waals surface area contributed by atoms with Crippen LogP contribution in [-0.2, 0) is 31.1 Å². The van der Waals surface area contributed by atoms with Crippen molar-refractivity contribution in [3.8, 4) is 0 Å². The molecule has 2 aliphatic heterocycles. The first kappa shape index (κ1) is 35.7. The third-order valence-corrected chi connectivity index (χ3v) is 9.87. The van der Waals surface area contributed by atoms with Gasteiger partial charge in [-0.2, -0.15) is 13.2 Å². The average Bonchev–Trinajstić information content (AvgIpc) is 3.73. The number of hydrogen-bond donors (Lipinski definition) is 0. The number of nitrogens with zero attached hydrogens (tertiary/aromatic N) is 6.